The number of esters is 1. The molecule has 0 bridgehead atoms. The van der Waals surface area contributed by atoms with Gasteiger partial charge in [-0.2, -0.15) is 0 Å². The van der Waals surface area contributed by atoms with Crippen LogP contribution < -0.4 is 9.47 Å². The summed E-state index contributed by atoms with van der Waals surface area (Å²) in [6, 6.07) is 10.8. The summed E-state index contributed by atoms with van der Waals surface area (Å²) in [4.78, 5) is 12.0. The molecule has 0 heterocycles. The van der Waals surface area contributed by atoms with E-state index in [2.05, 4.69) is 11.8 Å². The fourth-order valence-corrected chi connectivity index (χ4v) is 4.01. The minimum Gasteiger partial charge on any atom is -0.493 e. The summed E-state index contributed by atoms with van der Waals surface area (Å²) in [5, 5.41) is 1.01. The summed E-state index contributed by atoms with van der Waals surface area (Å²) in [7, 11) is 2.98. The molecule has 1 atom stereocenters. The van der Waals surface area contributed by atoms with Gasteiger partial charge >= 0.3 is 5.97 Å². The van der Waals surface area contributed by atoms with Gasteiger partial charge in [0, 0.05) is 15.6 Å². The Hall–Kier alpha value is -2.35. The Balaban J connectivity index is 1.93. The summed E-state index contributed by atoms with van der Waals surface area (Å²) in [6.45, 7) is 0. The first-order chi connectivity index (χ1) is 14.5. The van der Waals surface area contributed by atoms with Crippen LogP contribution >= 0.6 is 23.2 Å². The van der Waals surface area contributed by atoms with Crippen molar-refractivity contribution in [3.63, 3.8) is 0 Å². The zero-order chi connectivity index (χ0) is 21.5. The number of carbonyl (C=O) groups excluding carboxylic acids is 1. The fourth-order valence-electron chi connectivity index (χ4n) is 3.49. The molecule has 1 saturated carbocycles. The number of hydrogen-bond donors (Lipinski definition) is 0. The van der Waals surface area contributed by atoms with E-state index in [0.717, 1.165) is 18.4 Å². The van der Waals surface area contributed by atoms with Crippen molar-refractivity contribution in [2.75, 3.05) is 14.2 Å². The smallest absolute Gasteiger partial charge is 0.307 e. The molecule has 0 spiro atoms. The summed E-state index contributed by atoms with van der Waals surface area (Å²) in [5.41, 5.74) is 1.54. The predicted molar refractivity (Wildman–Crippen MR) is 119 cm³/mol. The first-order valence-electron chi connectivity index (χ1n) is 9.87. The van der Waals surface area contributed by atoms with Crippen molar-refractivity contribution in [2.24, 2.45) is 0 Å². The molecule has 0 unspecified atom stereocenters. The van der Waals surface area contributed by atoms with Crippen molar-refractivity contribution in [1.29, 1.82) is 0 Å². The van der Waals surface area contributed by atoms with E-state index < -0.39 is 0 Å². The maximum atomic E-state index is 12.0. The third-order valence-corrected chi connectivity index (χ3v) is 5.47. The van der Waals surface area contributed by atoms with Gasteiger partial charge in [-0.05, 0) is 61.6 Å². The number of hydrogen-bond acceptors (Lipinski definition) is 4. The highest BCUT2D eigenvalue weighted by Gasteiger charge is 2.21. The summed E-state index contributed by atoms with van der Waals surface area (Å²) in [5.74, 6) is 6.85. The van der Waals surface area contributed by atoms with Crippen LogP contribution in [0.4, 0.5) is 0 Å². The van der Waals surface area contributed by atoms with Crippen LogP contribution in [-0.4, -0.2) is 26.3 Å². The first kappa shape index (κ1) is 22.3. The quantitative estimate of drug-likeness (QED) is 0.401. The zero-order valence-electron chi connectivity index (χ0n) is 17.0. The Kier molecular flexibility index (Phi) is 7.90. The van der Waals surface area contributed by atoms with E-state index in [-0.39, 0.29) is 24.4 Å². The normalized spacial score (nSPS) is 14.5. The molecule has 0 radical (unpaired) electrons. The third kappa shape index (κ3) is 6.08. The highest BCUT2D eigenvalue weighted by atomic mass is 35.5. The standard InChI is InChI=1S/C24H24Cl2O4/c1-28-22-10-9-17(13-23(22)30-21-5-3-4-6-21)18(14-24(27)29-2)8-7-16-11-19(25)15-20(26)12-16/h9-13,15,18,21H,3-6,14H2,1-2H3/t18-/m0/s1. The van der Waals surface area contributed by atoms with Gasteiger partial charge in [0.25, 0.3) is 0 Å². The fraction of sp³-hybridized carbons (Fsp3) is 0.375. The third-order valence-electron chi connectivity index (χ3n) is 5.04. The molecule has 3 rings (SSSR count). The molecule has 6 heteroatoms. The Morgan fingerprint density at radius 1 is 1.07 bits per heavy atom. The zero-order valence-corrected chi connectivity index (χ0v) is 18.6. The van der Waals surface area contributed by atoms with Gasteiger partial charge in [0.1, 0.15) is 0 Å². The van der Waals surface area contributed by atoms with Crippen LogP contribution in [0.25, 0.3) is 0 Å². The lowest BCUT2D eigenvalue weighted by Crippen LogP contribution is -2.12. The van der Waals surface area contributed by atoms with Gasteiger partial charge in [0.2, 0.25) is 0 Å². The van der Waals surface area contributed by atoms with Gasteiger partial charge in [-0.1, -0.05) is 41.1 Å². The lowest BCUT2D eigenvalue weighted by molar-refractivity contribution is -0.140. The van der Waals surface area contributed by atoms with E-state index in [9.17, 15) is 4.79 Å². The Morgan fingerprint density at radius 3 is 2.40 bits per heavy atom. The largest absolute Gasteiger partial charge is 0.493 e. The average Bonchev–Trinajstić information content (AvgIpc) is 3.23. The summed E-state index contributed by atoms with van der Waals surface area (Å²) in [6.07, 6.45) is 4.72. The Bertz CT molecular complexity index is 935. The van der Waals surface area contributed by atoms with E-state index >= 15 is 0 Å². The molecule has 2 aromatic rings. The second-order valence-electron chi connectivity index (χ2n) is 7.19. The molecule has 0 saturated heterocycles. The second-order valence-corrected chi connectivity index (χ2v) is 8.07. The summed E-state index contributed by atoms with van der Waals surface area (Å²) >= 11 is 12.1. The van der Waals surface area contributed by atoms with Gasteiger partial charge in [-0.3, -0.25) is 4.79 Å². The van der Waals surface area contributed by atoms with E-state index in [1.54, 1.807) is 25.3 Å². The Labute approximate surface area is 187 Å². The van der Waals surface area contributed by atoms with Gasteiger partial charge in [-0.25, -0.2) is 0 Å². The van der Waals surface area contributed by atoms with Gasteiger partial charge in [-0.15, -0.1) is 0 Å². The number of rotatable bonds is 6. The molecule has 1 fully saturated rings. The Morgan fingerprint density at radius 2 is 1.77 bits per heavy atom. The van der Waals surface area contributed by atoms with Crippen LogP contribution in [0.5, 0.6) is 11.5 Å². The minimum atomic E-state index is -0.382. The van der Waals surface area contributed by atoms with Crippen LogP contribution in [-0.2, 0) is 9.53 Å². The lowest BCUT2D eigenvalue weighted by Gasteiger charge is -2.18. The average molecular weight is 447 g/mol. The van der Waals surface area contributed by atoms with Crippen LogP contribution in [0.2, 0.25) is 10.0 Å². The first-order valence-corrected chi connectivity index (χ1v) is 10.6. The van der Waals surface area contributed by atoms with Crippen LogP contribution in [0, 0.1) is 11.8 Å². The molecule has 1 aliphatic carbocycles. The molecular formula is C24H24Cl2O4. The predicted octanol–water partition coefficient (Wildman–Crippen LogP) is 6.02. The molecule has 0 aromatic heterocycles. The summed E-state index contributed by atoms with van der Waals surface area (Å²) < 4.78 is 16.5. The van der Waals surface area contributed by atoms with Crippen LogP contribution in [0.3, 0.4) is 0 Å². The molecule has 1 aliphatic rings. The molecule has 0 amide bonds. The van der Waals surface area contributed by atoms with E-state index in [1.807, 2.05) is 18.2 Å². The van der Waals surface area contributed by atoms with Crippen molar-refractivity contribution in [2.45, 2.75) is 44.1 Å². The van der Waals surface area contributed by atoms with Gasteiger partial charge in [0.05, 0.1) is 32.7 Å². The second kappa shape index (κ2) is 10.6. The van der Waals surface area contributed by atoms with Crippen molar-refractivity contribution < 1.29 is 19.0 Å². The SMILES string of the molecule is COC(=O)C[C@H](C#Cc1cc(Cl)cc(Cl)c1)c1ccc(OC)c(OC2CCCC2)c1. The monoisotopic (exact) mass is 446 g/mol. The van der Waals surface area contributed by atoms with Crippen molar-refractivity contribution >= 4 is 29.2 Å². The number of halogens is 2. The molecule has 4 nitrogen and oxygen atoms in total. The highest BCUT2D eigenvalue weighted by molar-refractivity contribution is 6.34. The van der Waals surface area contributed by atoms with Crippen LogP contribution in [0.1, 0.15) is 49.1 Å². The number of benzene rings is 2. The van der Waals surface area contributed by atoms with E-state index in [0.29, 0.717) is 27.1 Å². The van der Waals surface area contributed by atoms with Crippen molar-refractivity contribution in [3.05, 3.63) is 57.6 Å². The molecule has 30 heavy (non-hydrogen) atoms. The number of carbonyl (C=O) groups is 1. The maximum absolute atomic E-state index is 12.0. The topological polar surface area (TPSA) is 44.8 Å². The molecule has 0 N–H and O–H groups in total. The lowest BCUT2D eigenvalue weighted by atomic mass is 9.95. The maximum Gasteiger partial charge on any atom is 0.307 e. The van der Waals surface area contributed by atoms with Crippen molar-refractivity contribution in [3.8, 4) is 23.3 Å². The minimum absolute atomic E-state index is 0.118. The van der Waals surface area contributed by atoms with Gasteiger partial charge in [0.15, 0.2) is 11.5 Å². The van der Waals surface area contributed by atoms with Gasteiger partial charge < -0.3 is 14.2 Å². The van der Waals surface area contributed by atoms with Crippen molar-refractivity contribution in [1.82, 2.24) is 0 Å². The molecule has 0 aliphatic heterocycles. The van der Waals surface area contributed by atoms with E-state index in [1.165, 1.54) is 20.0 Å². The number of ether oxygens (including phenoxy) is 3. The number of methoxy groups -OCH3 is 2. The van der Waals surface area contributed by atoms with Crippen LogP contribution in [0.15, 0.2) is 36.4 Å². The molecular weight excluding hydrogens is 423 g/mol. The molecule has 2 aromatic carbocycles. The molecule has 158 valence electrons. The highest BCUT2D eigenvalue weighted by Crippen LogP contribution is 2.35. The van der Waals surface area contributed by atoms with E-state index in [4.69, 9.17) is 37.4 Å².